The standard InChI is InChI=1S/C15H24N2O3S/c1-11(2)17(10-12-4-5-12)21(18,19)14-6-7-15(20-3)13(8-14)9-16/h6-8,11-12H,4-5,9-10,16H2,1-3H3. The SMILES string of the molecule is COc1ccc(S(=O)(=O)N(CC2CC2)C(C)C)cc1CN. The Bertz CT molecular complexity index is 595. The maximum atomic E-state index is 12.8. The Morgan fingerprint density at radius 1 is 1.38 bits per heavy atom. The highest BCUT2D eigenvalue weighted by Crippen LogP contribution is 2.33. The molecular weight excluding hydrogens is 288 g/mol. The van der Waals surface area contributed by atoms with E-state index in [9.17, 15) is 8.42 Å². The third-order valence-corrected chi connectivity index (χ3v) is 5.83. The predicted octanol–water partition coefficient (Wildman–Crippen LogP) is 1.96. The molecule has 1 aliphatic carbocycles. The molecule has 0 atom stereocenters. The molecule has 1 saturated carbocycles. The molecule has 2 N–H and O–H groups in total. The van der Waals surface area contributed by atoms with Gasteiger partial charge in [0.15, 0.2) is 0 Å². The van der Waals surface area contributed by atoms with Gasteiger partial charge in [-0.25, -0.2) is 8.42 Å². The van der Waals surface area contributed by atoms with E-state index >= 15 is 0 Å². The molecule has 1 aromatic rings. The summed E-state index contributed by atoms with van der Waals surface area (Å²) in [5.74, 6) is 1.13. The van der Waals surface area contributed by atoms with Gasteiger partial charge in [0, 0.05) is 24.7 Å². The van der Waals surface area contributed by atoms with Gasteiger partial charge in [0.25, 0.3) is 0 Å². The number of methoxy groups -OCH3 is 1. The van der Waals surface area contributed by atoms with Crippen LogP contribution in [0.1, 0.15) is 32.3 Å². The zero-order valence-electron chi connectivity index (χ0n) is 12.9. The van der Waals surface area contributed by atoms with Gasteiger partial charge >= 0.3 is 0 Å². The van der Waals surface area contributed by atoms with E-state index in [0.29, 0.717) is 23.8 Å². The third-order valence-electron chi connectivity index (χ3n) is 3.79. The third kappa shape index (κ3) is 3.56. The van der Waals surface area contributed by atoms with Crippen LogP contribution in [0.5, 0.6) is 5.75 Å². The summed E-state index contributed by atoms with van der Waals surface area (Å²) in [7, 11) is -1.94. The van der Waals surface area contributed by atoms with Gasteiger partial charge in [0.1, 0.15) is 5.75 Å². The number of rotatable bonds is 7. The minimum atomic E-state index is -3.49. The van der Waals surface area contributed by atoms with E-state index < -0.39 is 10.0 Å². The quantitative estimate of drug-likeness (QED) is 0.835. The fourth-order valence-electron chi connectivity index (χ4n) is 2.35. The molecule has 0 unspecified atom stereocenters. The Labute approximate surface area is 127 Å². The van der Waals surface area contributed by atoms with Gasteiger partial charge < -0.3 is 10.5 Å². The number of hydrogen-bond acceptors (Lipinski definition) is 4. The molecule has 0 amide bonds. The molecule has 6 heteroatoms. The lowest BCUT2D eigenvalue weighted by molar-refractivity contribution is 0.341. The Kier molecular flexibility index (Phi) is 4.91. The highest BCUT2D eigenvalue weighted by Gasteiger charge is 2.33. The van der Waals surface area contributed by atoms with Gasteiger partial charge in [-0.3, -0.25) is 0 Å². The lowest BCUT2D eigenvalue weighted by Crippen LogP contribution is -2.38. The van der Waals surface area contributed by atoms with Crippen LogP contribution in [0.4, 0.5) is 0 Å². The van der Waals surface area contributed by atoms with Crippen LogP contribution in [0.25, 0.3) is 0 Å². The van der Waals surface area contributed by atoms with Crippen molar-refractivity contribution in [1.29, 1.82) is 0 Å². The maximum absolute atomic E-state index is 12.8. The Morgan fingerprint density at radius 2 is 2.05 bits per heavy atom. The van der Waals surface area contributed by atoms with Crippen LogP contribution in [0.15, 0.2) is 23.1 Å². The topological polar surface area (TPSA) is 72.6 Å². The van der Waals surface area contributed by atoms with E-state index in [1.165, 1.54) is 0 Å². The Morgan fingerprint density at radius 3 is 2.52 bits per heavy atom. The van der Waals surface area contributed by atoms with E-state index in [4.69, 9.17) is 10.5 Å². The molecule has 1 fully saturated rings. The molecule has 21 heavy (non-hydrogen) atoms. The molecule has 118 valence electrons. The summed E-state index contributed by atoms with van der Waals surface area (Å²) in [5.41, 5.74) is 6.38. The summed E-state index contributed by atoms with van der Waals surface area (Å²) in [6.45, 7) is 4.67. The summed E-state index contributed by atoms with van der Waals surface area (Å²) in [6, 6.07) is 4.83. The average Bonchev–Trinajstić information content (AvgIpc) is 3.27. The van der Waals surface area contributed by atoms with Crippen molar-refractivity contribution in [2.45, 2.75) is 44.2 Å². The normalized spacial score (nSPS) is 15.7. The lowest BCUT2D eigenvalue weighted by atomic mass is 10.2. The van der Waals surface area contributed by atoms with Crippen molar-refractivity contribution in [3.63, 3.8) is 0 Å². The Hall–Kier alpha value is -1.11. The van der Waals surface area contributed by atoms with Crippen molar-refractivity contribution in [1.82, 2.24) is 4.31 Å². The molecule has 0 saturated heterocycles. The zero-order valence-corrected chi connectivity index (χ0v) is 13.7. The summed E-state index contributed by atoms with van der Waals surface area (Å²) in [4.78, 5) is 0.290. The van der Waals surface area contributed by atoms with Gasteiger partial charge in [0.2, 0.25) is 10.0 Å². The number of hydrogen-bond donors (Lipinski definition) is 1. The molecule has 1 aliphatic rings. The second-order valence-electron chi connectivity index (χ2n) is 5.79. The van der Waals surface area contributed by atoms with Crippen molar-refractivity contribution in [3.8, 4) is 5.75 Å². The van der Waals surface area contributed by atoms with Gasteiger partial charge in [0.05, 0.1) is 12.0 Å². The van der Waals surface area contributed by atoms with Crippen LogP contribution in [-0.4, -0.2) is 32.4 Å². The van der Waals surface area contributed by atoms with Crippen molar-refractivity contribution in [2.24, 2.45) is 11.7 Å². The lowest BCUT2D eigenvalue weighted by Gasteiger charge is -2.26. The second-order valence-corrected chi connectivity index (χ2v) is 7.68. The molecule has 0 aromatic heterocycles. The van der Waals surface area contributed by atoms with Crippen LogP contribution < -0.4 is 10.5 Å². The number of ether oxygens (including phenoxy) is 1. The predicted molar refractivity (Wildman–Crippen MR) is 82.6 cm³/mol. The van der Waals surface area contributed by atoms with E-state index in [1.54, 1.807) is 29.6 Å². The molecule has 0 radical (unpaired) electrons. The summed E-state index contributed by atoms with van der Waals surface area (Å²) < 4.78 is 32.5. The van der Waals surface area contributed by atoms with E-state index in [1.807, 2.05) is 13.8 Å². The van der Waals surface area contributed by atoms with Gasteiger partial charge in [-0.15, -0.1) is 0 Å². The van der Waals surface area contributed by atoms with Crippen LogP contribution in [0, 0.1) is 5.92 Å². The zero-order chi connectivity index (χ0) is 15.6. The second kappa shape index (κ2) is 6.34. The number of benzene rings is 1. The molecule has 0 aliphatic heterocycles. The first kappa shape index (κ1) is 16.3. The minimum Gasteiger partial charge on any atom is -0.496 e. The molecule has 0 bridgehead atoms. The van der Waals surface area contributed by atoms with Crippen molar-refractivity contribution < 1.29 is 13.2 Å². The van der Waals surface area contributed by atoms with Crippen LogP contribution in [0.3, 0.4) is 0 Å². The fraction of sp³-hybridized carbons (Fsp3) is 0.600. The Balaban J connectivity index is 2.36. The van der Waals surface area contributed by atoms with E-state index in [2.05, 4.69) is 0 Å². The average molecular weight is 312 g/mol. The molecule has 2 rings (SSSR count). The van der Waals surface area contributed by atoms with Crippen LogP contribution in [-0.2, 0) is 16.6 Å². The number of nitrogens with two attached hydrogens (primary N) is 1. The highest BCUT2D eigenvalue weighted by molar-refractivity contribution is 7.89. The molecule has 0 spiro atoms. The van der Waals surface area contributed by atoms with Gasteiger partial charge in [-0.2, -0.15) is 4.31 Å². The largest absolute Gasteiger partial charge is 0.496 e. The first-order valence-corrected chi connectivity index (χ1v) is 8.73. The number of sulfonamides is 1. The summed E-state index contributed by atoms with van der Waals surface area (Å²) >= 11 is 0. The highest BCUT2D eigenvalue weighted by atomic mass is 32.2. The molecule has 1 aromatic carbocycles. The first-order chi connectivity index (χ1) is 9.90. The first-order valence-electron chi connectivity index (χ1n) is 7.29. The molecular formula is C15H24N2O3S. The minimum absolute atomic E-state index is 0.0565. The fourth-order valence-corrected chi connectivity index (χ4v) is 4.12. The molecule has 5 nitrogen and oxygen atoms in total. The molecule has 0 heterocycles. The van der Waals surface area contributed by atoms with E-state index in [-0.39, 0.29) is 17.5 Å². The summed E-state index contributed by atoms with van der Waals surface area (Å²) in [5, 5.41) is 0. The van der Waals surface area contributed by atoms with Crippen LogP contribution in [0.2, 0.25) is 0 Å². The summed E-state index contributed by atoms with van der Waals surface area (Å²) in [6.07, 6.45) is 2.24. The van der Waals surface area contributed by atoms with Crippen molar-refractivity contribution in [2.75, 3.05) is 13.7 Å². The van der Waals surface area contributed by atoms with Crippen LogP contribution >= 0.6 is 0 Å². The van der Waals surface area contributed by atoms with Crippen molar-refractivity contribution in [3.05, 3.63) is 23.8 Å². The number of nitrogens with zero attached hydrogens (tertiary/aromatic N) is 1. The van der Waals surface area contributed by atoms with E-state index in [0.717, 1.165) is 12.8 Å². The van der Waals surface area contributed by atoms with Gasteiger partial charge in [-0.1, -0.05) is 0 Å². The van der Waals surface area contributed by atoms with Crippen molar-refractivity contribution >= 4 is 10.0 Å². The van der Waals surface area contributed by atoms with Gasteiger partial charge in [-0.05, 0) is 50.8 Å². The monoisotopic (exact) mass is 312 g/mol. The maximum Gasteiger partial charge on any atom is 0.243 e. The smallest absolute Gasteiger partial charge is 0.243 e.